The van der Waals surface area contributed by atoms with Crippen LogP contribution in [0.5, 0.6) is 0 Å². The van der Waals surface area contributed by atoms with Crippen LogP contribution in [0.25, 0.3) is 88.0 Å². The molecule has 1 heterocycles. The van der Waals surface area contributed by atoms with Crippen molar-refractivity contribution in [3.8, 4) is 44.7 Å². The minimum absolute atomic E-state index is 0.892. The molecule has 11 aromatic rings. The highest BCUT2D eigenvalue weighted by atomic mass is 16.3. The first-order valence-electron chi connectivity index (χ1n) is 19.8. The minimum Gasteiger partial charge on any atom is -0.455 e. The highest BCUT2D eigenvalue weighted by Crippen LogP contribution is 2.48. The molecule has 0 aliphatic carbocycles. The third-order valence-electron chi connectivity index (χ3n) is 11.5. The average molecular weight is 740 g/mol. The molecule has 0 N–H and O–H groups in total. The largest absolute Gasteiger partial charge is 0.455 e. The van der Waals surface area contributed by atoms with E-state index in [-0.39, 0.29) is 0 Å². The summed E-state index contributed by atoms with van der Waals surface area (Å²) in [7, 11) is 0. The maximum atomic E-state index is 7.00. The molecule has 0 spiro atoms. The summed E-state index contributed by atoms with van der Waals surface area (Å²) >= 11 is 0. The number of anilines is 3. The number of para-hydroxylation sites is 1. The Labute approximate surface area is 337 Å². The second-order valence-corrected chi connectivity index (χ2v) is 14.8. The van der Waals surface area contributed by atoms with Crippen LogP contribution < -0.4 is 4.90 Å². The van der Waals surface area contributed by atoms with E-state index in [0.717, 1.165) is 67.0 Å². The lowest BCUT2D eigenvalue weighted by atomic mass is 9.91. The molecule has 11 rings (SSSR count). The SMILES string of the molecule is c1ccc(-c2ccccc2N(c2ccc(-c3ccc4c(c3)c3ccccc3c3c(-c5ccccc5)c(-c5ccccc5)oc43)cc2)c2cccc3ccccc23)cc1. The van der Waals surface area contributed by atoms with E-state index in [4.69, 9.17) is 4.42 Å². The molecule has 0 saturated carbocycles. The van der Waals surface area contributed by atoms with Crippen molar-refractivity contribution < 1.29 is 4.42 Å². The summed E-state index contributed by atoms with van der Waals surface area (Å²) in [6.07, 6.45) is 0. The fourth-order valence-corrected chi connectivity index (χ4v) is 8.78. The third-order valence-corrected chi connectivity index (χ3v) is 11.5. The Bertz CT molecular complexity index is 3250. The van der Waals surface area contributed by atoms with E-state index < -0.39 is 0 Å². The fraction of sp³-hybridized carbons (Fsp3) is 0. The lowest BCUT2D eigenvalue weighted by molar-refractivity contribution is 0.636. The summed E-state index contributed by atoms with van der Waals surface area (Å²) in [5, 5.41) is 8.23. The van der Waals surface area contributed by atoms with Crippen molar-refractivity contribution in [1.82, 2.24) is 0 Å². The van der Waals surface area contributed by atoms with E-state index >= 15 is 0 Å². The molecule has 0 bridgehead atoms. The molecule has 0 aliphatic heterocycles. The van der Waals surface area contributed by atoms with Gasteiger partial charge in [0, 0.05) is 38.5 Å². The van der Waals surface area contributed by atoms with Crippen molar-refractivity contribution in [2.45, 2.75) is 0 Å². The third kappa shape index (κ3) is 5.66. The van der Waals surface area contributed by atoms with Gasteiger partial charge in [-0.3, -0.25) is 0 Å². The average Bonchev–Trinajstić information content (AvgIpc) is 3.72. The van der Waals surface area contributed by atoms with E-state index in [2.05, 4.69) is 229 Å². The zero-order valence-corrected chi connectivity index (χ0v) is 31.7. The minimum atomic E-state index is 0.892. The Morgan fingerprint density at radius 2 is 0.897 bits per heavy atom. The molecule has 0 aliphatic rings. The van der Waals surface area contributed by atoms with Crippen molar-refractivity contribution in [3.05, 3.63) is 224 Å². The van der Waals surface area contributed by atoms with Crippen LogP contribution in [-0.2, 0) is 0 Å². The summed E-state index contributed by atoms with van der Waals surface area (Å²) in [6.45, 7) is 0. The van der Waals surface area contributed by atoms with Crippen LogP contribution in [0.4, 0.5) is 17.1 Å². The number of rotatable bonds is 7. The van der Waals surface area contributed by atoms with Crippen molar-refractivity contribution in [3.63, 3.8) is 0 Å². The summed E-state index contributed by atoms with van der Waals surface area (Å²) in [6, 6.07) is 80.4. The Balaban J connectivity index is 1.08. The van der Waals surface area contributed by atoms with Crippen molar-refractivity contribution in [2.24, 2.45) is 0 Å². The van der Waals surface area contributed by atoms with Gasteiger partial charge in [0.2, 0.25) is 0 Å². The first-order chi connectivity index (χ1) is 28.8. The van der Waals surface area contributed by atoms with Crippen LogP contribution in [0.1, 0.15) is 0 Å². The fourth-order valence-electron chi connectivity index (χ4n) is 8.78. The molecule has 2 nitrogen and oxygen atoms in total. The number of benzene rings is 10. The Morgan fingerprint density at radius 1 is 0.328 bits per heavy atom. The Morgan fingerprint density at radius 3 is 1.66 bits per heavy atom. The lowest BCUT2D eigenvalue weighted by Gasteiger charge is -2.29. The molecule has 2 heteroatoms. The van der Waals surface area contributed by atoms with E-state index in [9.17, 15) is 0 Å². The highest BCUT2D eigenvalue weighted by molar-refractivity contribution is 6.28. The topological polar surface area (TPSA) is 16.4 Å². The van der Waals surface area contributed by atoms with Crippen LogP contribution in [0, 0.1) is 0 Å². The van der Waals surface area contributed by atoms with Crippen LogP contribution in [0.2, 0.25) is 0 Å². The highest BCUT2D eigenvalue weighted by Gasteiger charge is 2.23. The van der Waals surface area contributed by atoms with Crippen LogP contribution in [0.3, 0.4) is 0 Å². The maximum Gasteiger partial charge on any atom is 0.143 e. The van der Waals surface area contributed by atoms with E-state index in [0.29, 0.717) is 0 Å². The van der Waals surface area contributed by atoms with Gasteiger partial charge in [-0.25, -0.2) is 0 Å². The molecule has 0 radical (unpaired) electrons. The van der Waals surface area contributed by atoms with E-state index in [1.165, 1.54) is 38.1 Å². The van der Waals surface area contributed by atoms with Crippen molar-refractivity contribution in [2.75, 3.05) is 4.90 Å². The number of fused-ring (bicyclic) bond motifs is 7. The van der Waals surface area contributed by atoms with Gasteiger partial charge in [0.15, 0.2) is 0 Å². The van der Waals surface area contributed by atoms with Gasteiger partial charge >= 0.3 is 0 Å². The predicted molar refractivity (Wildman–Crippen MR) is 245 cm³/mol. The number of nitrogens with zero attached hydrogens (tertiary/aromatic N) is 1. The zero-order chi connectivity index (χ0) is 38.4. The molecule has 0 saturated heterocycles. The number of hydrogen-bond acceptors (Lipinski definition) is 2. The molecule has 0 fully saturated rings. The second-order valence-electron chi connectivity index (χ2n) is 14.8. The first-order valence-corrected chi connectivity index (χ1v) is 19.8. The molecular formula is C56H37NO. The van der Waals surface area contributed by atoms with Crippen molar-refractivity contribution in [1.29, 1.82) is 0 Å². The molecule has 1 aromatic heterocycles. The van der Waals surface area contributed by atoms with Crippen LogP contribution in [0.15, 0.2) is 229 Å². The van der Waals surface area contributed by atoms with E-state index in [1.807, 2.05) is 0 Å². The van der Waals surface area contributed by atoms with Gasteiger partial charge in [-0.2, -0.15) is 0 Å². The van der Waals surface area contributed by atoms with Gasteiger partial charge in [-0.1, -0.05) is 188 Å². The zero-order valence-electron chi connectivity index (χ0n) is 31.7. The van der Waals surface area contributed by atoms with Gasteiger partial charge in [-0.05, 0) is 80.2 Å². The summed E-state index contributed by atoms with van der Waals surface area (Å²) in [5.41, 5.74) is 12.3. The summed E-state index contributed by atoms with van der Waals surface area (Å²) in [4.78, 5) is 2.41. The quantitative estimate of drug-likeness (QED) is 0.151. The second kappa shape index (κ2) is 14.1. The molecule has 0 atom stereocenters. The van der Waals surface area contributed by atoms with Crippen molar-refractivity contribution >= 4 is 60.3 Å². The normalized spacial score (nSPS) is 11.4. The Hall–Kier alpha value is -7.68. The predicted octanol–water partition coefficient (Wildman–Crippen LogP) is 16.0. The summed E-state index contributed by atoms with van der Waals surface area (Å²) < 4.78 is 7.00. The van der Waals surface area contributed by atoms with Gasteiger partial charge in [0.1, 0.15) is 11.3 Å². The van der Waals surface area contributed by atoms with Gasteiger partial charge in [0.05, 0.1) is 11.4 Å². The molecule has 10 aromatic carbocycles. The smallest absolute Gasteiger partial charge is 0.143 e. The summed E-state index contributed by atoms with van der Waals surface area (Å²) in [5.74, 6) is 0.892. The van der Waals surface area contributed by atoms with Crippen LogP contribution in [-0.4, -0.2) is 0 Å². The molecule has 58 heavy (non-hydrogen) atoms. The molecule has 272 valence electrons. The standard InChI is InChI=1S/C56H37NO/c1-4-17-39(18-5-1)45-26-14-15-29-51(45)57(52-30-16-24-40-19-10-11-25-46(40)52)44-34-31-38(32-35-44)43-33-36-49-50(37-43)47-27-12-13-28-48(47)54-53(41-20-6-2-7-21-41)55(58-56(49)54)42-22-8-3-9-23-42/h1-37H. The number of furan rings is 1. The molecular weight excluding hydrogens is 703 g/mol. The Kier molecular flexibility index (Phi) is 8.19. The molecule has 0 amide bonds. The number of hydrogen-bond donors (Lipinski definition) is 0. The van der Waals surface area contributed by atoms with E-state index in [1.54, 1.807) is 0 Å². The van der Waals surface area contributed by atoms with Gasteiger partial charge in [-0.15, -0.1) is 0 Å². The lowest BCUT2D eigenvalue weighted by Crippen LogP contribution is -2.11. The van der Waals surface area contributed by atoms with Gasteiger partial charge < -0.3 is 9.32 Å². The first kappa shape index (κ1) is 33.6. The van der Waals surface area contributed by atoms with Crippen LogP contribution >= 0.6 is 0 Å². The van der Waals surface area contributed by atoms with Gasteiger partial charge in [0.25, 0.3) is 0 Å². The monoisotopic (exact) mass is 739 g/mol. The molecule has 0 unspecified atom stereocenters. The maximum absolute atomic E-state index is 7.00.